The van der Waals surface area contributed by atoms with Crippen molar-refractivity contribution in [2.45, 2.75) is 18.9 Å². The second-order valence-electron chi connectivity index (χ2n) is 4.86. The van der Waals surface area contributed by atoms with Crippen molar-refractivity contribution in [1.82, 2.24) is 13.9 Å². The highest BCUT2D eigenvalue weighted by Crippen LogP contribution is 2.22. The van der Waals surface area contributed by atoms with Gasteiger partial charge in [0.2, 0.25) is 0 Å². The molecule has 1 aliphatic heterocycles. The Morgan fingerprint density at radius 2 is 1.85 bits per heavy atom. The minimum absolute atomic E-state index is 0.0394. The Kier molecular flexibility index (Phi) is 7.93. The predicted molar refractivity (Wildman–Crippen MR) is 77.9 cm³/mol. The van der Waals surface area contributed by atoms with Crippen molar-refractivity contribution >= 4 is 10.2 Å². The lowest BCUT2D eigenvalue weighted by Crippen LogP contribution is -2.50. The zero-order valence-electron chi connectivity index (χ0n) is 12.7. The van der Waals surface area contributed by atoms with Gasteiger partial charge in [-0.1, -0.05) is 0 Å². The zero-order chi connectivity index (χ0) is 15.0. The summed E-state index contributed by atoms with van der Waals surface area (Å²) < 4.78 is 38.6. The molecule has 1 saturated heterocycles. The standard InChI is InChI=1S/C12H27N3O4S/c1-13-11-12-5-4-6-15(12)20(16,17)14(7-9-18-2)8-10-19-3/h12-13H,4-11H2,1-3H3. The molecule has 0 radical (unpaired) electrons. The van der Waals surface area contributed by atoms with Gasteiger partial charge in [0.1, 0.15) is 0 Å². The Hall–Kier alpha value is -0.250. The van der Waals surface area contributed by atoms with Crippen LogP contribution in [0.3, 0.4) is 0 Å². The first-order chi connectivity index (χ1) is 9.57. The maximum absolute atomic E-state index is 12.7. The summed E-state index contributed by atoms with van der Waals surface area (Å²) in [4.78, 5) is 0. The topological polar surface area (TPSA) is 71.1 Å². The summed E-state index contributed by atoms with van der Waals surface area (Å²) in [7, 11) is 1.53. The monoisotopic (exact) mass is 309 g/mol. The Morgan fingerprint density at radius 1 is 1.25 bits per heavy atom. The minimum atomic E-state index is -3.45. The first kappa shape index (κ1) is 17.8. The maximum atomic E-state index is 12.7. The molecular weight excluding hydrogens is 282 g/mol. The highest BCUT2D eigenvalue weighted by Gasteiger charge is 2.37. The van der Waals surface area contributed by atoms with E-state index >= 15 is 0 Å². The van der Waals surface area contributed by atoms with Crippen LogP contribution < -0.4 is 5.32 Å². The number of hydrogen-bond donors (Lipinski definition) is 1. The normalized spacial score (nSPS) is 20.9. The molecule has 20 heavy (non-hydrogen) atoms. The van der Waals surface area contributed by atoms with Gasteiger partial charge in [0, 0.05) is 46.4 Å². The molecule has 0 amide bonds. The number of hydrogen-bond acceptors (Lipinski definition) is 5. The lowest BCUT2D eigenvalue weighted by atomic mass is 10.2. The van der Waals surface area contributed by atoms with Gasteiger partial charge in [0.15, 0.2) is 0 Å². The van der Waals surface area contributed by atoms with Gasteiger partial charge in [-0.05, 0) is 19.9 Å². The van der Waals surface area contributed by atoms with E-state index in [2.05, 4.69) is 5.32 Å². The second-order valence-corrected chi connectivity index (χ2v) is 6.74. The quantitative estimate of drug-likeness (QED) is 0.590. The van der Waals surface area contributed by atoms with Crippen LogP contribution in [-0.2, 0) is 19.7 Å². The smallest absolute Gasteiger partial charge is 0.282 e. The van der Waals surface area contributed by atoms with Gasteiger partial charge < -0.3 is 14.8 Å². The van der Waals surface area contributed by atoms with Crippen molar-refractivity contribution in [2.24, 2.45) is 0 Å². The lowest BCUT2D eigenvalue weighted by molar-refractivity contribution is 0.146. The Labute approximate surface area is 122 Å². The molecule has 0 bridgehead atoms. The molecule has 1 unspecified atom stereocenters. The van der Waals surface area contributed by atoms with Crippen molar-refractivity contribution in [3.63, 3.8) is 0 Å². The van der Waals surface area contributed by atoms with E-state index in [1.54, 1.807) is 18.5 Å². The minimum Gasteiger partial charge on any atom is -0.383 e. The van der Waals surface area contributed by atoms with Gasteiger partial charge in [-0.15, -0.1) is 0 Å². The van der Waals surface area contributed by atoms with Crippen LogP contribution in [-0.4, -0.2) is 83.7 Å². The molecule has 0 spiro atoms. The molecule has 7 nitrogen and oxygen atoms in total. The molecular formula is C12H27N3O4S. The van der Waals surface area contributed by atoms with E-state index in [1.165, 1.54) is 4.31 Å². The molecule has 1 aliphatic rings. The third-order valence-corrected chi connectivity index (χ3v) is 5.57. The number of nitrogens with zero attached hydrogens (tertiary/aromatic N) is 2. The fourth-order valence-electron chi connectivity index (χ4n) is 2.43. The number of nitrogens with one attached hydrogen (secondary N) is 1. The fraction of sp³-hybridized carbons (Fsp3) is 1.00. The van der Waals surface area contributed by atoms with Crippen molar-refractivity contribution in [1.29, 1.82) is 0 Å². The molecule has 8 heteroatoms. The van der Waals surface area contributed by atoms with Crippen LogP contribution in [0.2, 0.25) is 0 Å². The van der Waals surface area contributed by atoms with E-state index < -0.39 is 10.2 Å². The molecule has 0 saturated carbocycles. The van der Waals surface area contributed by atoms with Crippen LogP contribution in [0.4, 0.5) is 0 Å². The van der Waals surface area contributed by atoms with Crippen molar-refractivity contribution in [3.05, 3.63) is 0 Å². The Balaban J connectivity index is 2.79. The van der Waals surface area contributed by atoms with E-state index in [9.17, 15) is 8.42 Å². The third-order valence-electron chi connectivity index (χ3n) is 3.48. The first-order valence-corrected chi connectivity index (χ1v) is 8.37. The van der Waals surface area contributed by atoms with Gasteiger partial charge in [0.25, 0.3) is 10.2 Å². The van der Waals surface area contributed by atoms with E-state index in [0.29, 0.717) is 39.4 Å². The summed E-state index contributed by atoms with van der Waals surface area (Å²) in [5, 5.41) is 3.06. The van der Waals surface area contributed by atoms with E-state index in [1.807, 2.05) is 7.05 Å². The van der Waals surface area contributed by atoms with E-state index in [-0.39, 0.29) is 6.04 Å². The number of likely N-dealkylation sites (N-methyl/N-ethyl adjacent to an activating group) is 1. The molecule has 1 fully saturated rings. The third kappa shape index (κ3) is 4.64. The number of ether oxygens (including phenoxy) is 2. The number of rotatable bonds is 10. The summed E-state index contributed by atoms with van der Waals surface area (Å²) in [6, 6.07) is 0.0394. The molecule has 120 valence electrons. The summed E-state index contributed by atoms with van der Waals surface area (Å²) in [6.45, 7) is 2.74. The molecule has 0 aliphatic carbocycles. The van der Waals surface area contributed by atoms with Crippen LogP contribution in [0.5, 0.6) is 0 Å². The molecule has 1 heterocycles. The first-order valence-electron chi connectivity index (χ1n) is 6.97. The zero-order valence-corrected chi connectivity index (χ0v) is 13.5. The highest BCUT2D eigenvalue weighted by molar-refractivity contribution is 7.86. The summed E-state index contributed by atoms with van der Waals surface area (Å²) in [5.74, 6) is 0. The molecule has 1 atom stereocenters. The fourth-order valence-corrected chi connectivity index (χ4v) is 4.25. The average molecular weight is 309 g/mol. The lowest BCUT2D eigenvalue weighted by Gasteiger charge is -2.30. The average Bonchev–Trinajstić information content (AvgIpc) is 2.88. The molecule has 0 aromatic carbocycles. The van der Waals surface area contributed by atoms with E-state index in [4.69, 9.17) is 9.47 Å². The SMILES string of the molecule is CNCC1CCCN1S(=O)(=O)N(CCOC)CCOC. The maximum Gasteiger partial charge on any atom is 0.282 e. The highest BCUT2D eigenvalue weighted by atomic mass is 32.2. The van der Waals surface area contributed by atoms with Crippen molar-refractivity contribution in [3.8, 4) is 0 Å². The van der Waals surface area contributed by atoms with Crippen LogP contribution in [0.1, 0.15) is 12.8 Å². The van der Waals surface area contributed by atoms with Gasteiger partial charge >= 0.3 is 0 Å². The van der Waals surface area contributed by atoms with Crippen molar-refractivity contribution < 1.29 is 17.9 Å². The van der Waals surface area contributed by atoms with Crippen LogP contribution >= 0.6 is 0 Å². The van der Waals surface area contributed by atoms with Gasteiger partial charge in [-0.25, -0.2) is 0 Å². The van der Waals surface area contributed by atoms with Gasteiger partial charge in [0.05, 0.1) is 13.2 Å². The van der Waals surface area contributed by atoms with Crippen molar-refractivity contribution in [2.75, 3.05) is 60.7 Å². The molecule has 0 aromatic heterocycles. The van der Waals surface area contributed by atoms with E-state index in [0.717, 1.165) is 12.8 Å². The molecule has 1 N–H and O–H groups in total. The second kappa shape index (κ2) is 8.91. The largest absolute Gasteiger partial charge is 0.383 e. The molecule has 1 rings (SSSR count). The predicted octanol–water partition coefficient (Wildman–Crippen LogP) is -0.490. The van der Waals surface area contributed by atoms with Crippen LogP contribution in [0.25, 0.3) is 0 Å². The van der Waals surface area contributed by atoms with Gasteiger partial charge in [-0.2, -0.15) is 17.0 Å². The molecule has 0 aromatic rings. The Morgan fingerprint density at radius 3 is 2.35 bits per heavy atom. The number of methoxy groups -OCH3 is 2. The summed E-state index contributed by atoms with van der Waals surface area (Å²) >= 11 is 0. The van der Waals surface area contributed by atoms with Gasteiger partial charge in [-0.3, -0.25) is 0 Å². The Bertz CT molecular complexity index is 356. The summed E-state index contributed by atoms with van der Waals surface area (Å²) in [5.41, 5.74) is 0. The van der Waals surface area contributed by atoms with Crippen LogP contribution in [0, 0.1) is 0 Å². The van der Waals surface area contributed by atoms with Crippen LogP contribution in [0.15, 0.2) is 0 Å². The summed E-state index contributed by atoms with van der Waals surface area (Å²) in [6.07, 6.45) is 1.82.